The molecule has 0 bridgehead atoms. The van der Waals surface area contributed by atoms with Crippen LogP contribution in [0.2, 0.25) is 0 Å². The molecule has 1 heterocycles. The van der Waals surface area contributed by atoms with Gasteiger partial charge in [-0.05, 0) is 30.2 Å². The van der Waals surface area contributed by atoms with Crippen LogP contribution in [0.1, 0.15) is 12.0 Å². The predicted molar refractivity (Wildman–Crippen MR) is 76.5 cm³/mol. The molecule has 7 nitrogen and oxygen atoms in total. The molecular weight excluding hydrogens is 296 g/mol. The molecule has 2 rings (SSSR count). The number of rotatable bonds is 7. The van der Waals surface area contributed by atoms with Crippen molar-refractivity contribution in [2.45, 2.75) is 23.8 Å². The van der Waals surface area contributed by atoms with Gasteiger partial charge in [-0.1, -0.05) is 0 Å². The third kappa shape index (κ3) is 3.79. The Morgan fingerprint density at radius 3 is 2.90 bits per heavy atom. The molecule has 8 heteroatoms. The van der Waals surface area contributed by atoms with Gasteiger partial charge in [-0.2, -0.15) is 0 Å². The van der Waals surface area contributed by atoms with E-state index in [2.05, 4.69) is 10.0 Å². The quantitative estimate of drug-likeness (QED) is 0.649. The lowest BCUT2D eigenvalue weighted by Gasteiger charge is -2.17. The van der Waals surface area contributed by atoms with E-state index in [1.54, 1.807) is 6.07 Å². The van der Waals surface area contributed by atoms with Gasteiger partial charge in [0.25, 0.3) is 0 Å². The van der Waals surface area contributed by atoms with Crippen molar-refractivity contribution >= 4 is 21.6 Å². The number of aliphatic hydroxyl groups is 1. The summed E-state index contributed by atoms with van der Waals surface area (Å²) in [5.74, 6) is -0.148. The van der Waals surface area contributed by atoms with Gasteiger partial charge in [-0.3, -0.25) is 4.79 Å². The van der Waals surface area contributed by atoms with Crippen molar-refractivity contribution in [1.29, 1.82) is 0 Å². The Morgan fingerprint density at radius 1 is 1.48 bits per heavy atom. The third-order valence-corrected chi connectivity index (χ3v) is 4.70. The number of carbonyl (C=O) groups excluding carboxylic acids is 1. The second-order valence-electron chi connectivity index (χ2n) is 4.83. The number of ether oxygens (including phenoxy) is 1. The molecule has 1 unspecified atom stereocenters. The normalized spacial score (nSPS) is 15.6. The van der Waals surface area contributed by atoms with Crippen molar-refractivity contribution in [3.63, 3.8) is 0 Å². The fraction of sp³-hybridized carbons (Fsp3) is 0.462. The van der Waals surface area contributed by atoms with E-state index in [-0.39, 0.29) is 36.9 Å². The summed E-state index contributed by atoms with van der Waals surface area (Å²) >= 11 is 0. The smallest absolute Gasteiger partial charge is 0.240 e. The highest BCUT2D eigenvalue weighted by molar-refractivity contribution is 7.89. The zero-order valence-corrected chi connectivity index (χ0v) is 12.4. The maximum absolute atomic E-state index is 12.3. The van der Waals surface area contributed by atoms with Crippen molar-refractivity contribution in [3.8, 4) is 0 Å². The summed E-state index contributed by atoms with van der Waals surface area (Å²) in [5.41, 5.74) is 1.30. The summed E-state index contributed by atoms with van der Waals surface area (Å²) in [7, 11) is -2.26. The van der Waals surface area contributed by atoms with Gasteiger partial charge in [0.2, 0.25) is 15.9 Å². The monoisotopic (exact) mass is 314 g/mol. The largest absolute Gasteiger partial charge is 0.396 e. The van der Waals surface area contributed by atoms with E-state index in [4.69, 9.17) is 9.84 Å². The molecule has 0 spiro atoms. The summed E-state index contributed by atoms with van der Waals surface area (Å²) in [5, 5.41) is 11.6. The number of benzene rings is 1. The molecule has 3 N–H and O–H groups in total. The average molecular weight is 314 g/mol. The fourth-order valence-electron chi connectivity index (χ4n) is 2.19. The van der Waals surface area contributed by atoms with Gasteiger partial charge in [-0.25, -0.2) is 13.1 Å². The second kappa shape index (κ2) is 6.52. The number of fused-ring (bicyclic) bond motifs is 1. The van der Waals surface area contributed by atoms with Crippen LogP contribution in [0.3, 0.4) is 0 Å². The van der Waals surface area contributed by atoms with Crippen LogP contribution in [0.15, 0.2) is 23.1 Å². The van der Waals surface area contributed by atoms with Crippen LogP contribution in [-0.2, 0) is 26.0 Å². The Morgan fingerprint density at radius 2 is 2.24 bits per heavy atom. The highest BCUT2D eigenvalue weighted by Crippen LogP contribution is 2.25. The molecule has 116 valence electrons. The molecule has 0 saturated carbocycles. The van der Waals surface area contributed by atoms with E-state index < -0.39 is 16.1 Å². The number of anilines is 1. The highest BCUT2D eigenvalue weighted by Gasteiger charge is 2.24. The molecule has 0 radical (unpaired) electrons. The van der Waals surface area contributed by atoms with Gasteiger partial charge in [0.1, 0.15) is 0 Å². The van der Waals surface area contributed by atoms with E-state index in [9.17, 15) is 13.2 Å². The lowest BCUT2D eigenvalue weighted by molar-refractivity contribution is -0.115. The first-order valence-corrected chi connectivity index (χ1v) is 7.99. The van der Waals surface area contributed by atoms with Gasteiger partial charge < -0.3 is 15.2 Å². The molecule has 1 amide bonds. The van der Waals surface area contributed by atoms with E-state index >= 15 is 0 Å². The van der Waals surface area contributed by atoms with Gasteiger partial charge >= 0.3 is 0 Å². The van der Waals surface area contributed by atoms with Crippen LogP contribution in [0.5, 0.6) is 0 Å². The summed E-state index contributed by atoms with van der Waals surface area (Å²) in [6.45, 7) is 0.0317. The Bertz CT molecular complexity index is 623. The molecule has 1 aliphatic heterocycles. The maximum Gasteiger partial charge on any atom is 0.240 e. The summed E-state index contributed by atoms with van der Waals surface area (Å²) in [4.78, 5) is 11.4. The molecule has 1 atom stereocenters. The van der Waals surface area contributed by atoms with Gasteiger partial charge in [0.05, 0.1) is 17.9 Å². The molecule has 0 fully saturated rings. The summed E-state index contributed by atoms with van der Waals surface area (Å²) in [6, 6.07) is 4.00. The summed E-state index contributed by atoms with van der Waals surface area (Å²) < 4.78 is 32.1. The molecule has 0 aromatic heterocycles. The molecule has 0 aliphatic carbocycles. The van der Waals surface area contributed by atoms with Crippen LogP contribution >= 0.6 is 0 Å². The number of amides is 1. The Balaban J connectivity index is 2.19. The van der Waals surface area contributed by atoms with Crippen molar-refractivity contribution < 1.29 is 23.1 Å². The first-order chi connectivity index (χ1) is 9.96. The lowest BCUT2D eigenvalue weighted by Crippen LogP contribution is -2.38. The third-order valence-electron chi connectivity index (χ3n) is 3.18. The van der Waals surface area contributed by atoms with Gasteiger partial charge in [0, 0.05) is 25.4 Å². The minimum absolute atomic E-state index is 0.0943. The summed E-state index contributed by atoms with van der Waals surface area (Å²) in [6.07, 6.45) is 0.439. The topological polar surface area (TPSA) is 105 Å². The van der Waals surface area contributed by atoms with Crippen molar-refractivity contribution in [3.05, 3.63) is 23.8 Å². The number of methoxy groups -OCH3 is 1. The van der Waals surface area contributed by atoms with Crippen LogP contribution in [0, 0.1) is 0 Å². The van der Waals surface area contributed by atoms with Crippen LogP contribution in [0.25, 0.3) is 0 Å². The Labute approximate surface area is 123 Å². The maximum atomic E-state index is 12.3. The van der Waals surface area contributed by atoms with Crippen molar-refractivity contribution in [1.82, 2.24) is 4.72 Å². The standard InChI is InChI=1S/C13H18N2O5S/c1-20-8-10(4-5-16)15-21(18,19)11-2-3-12-9(6-11)7-13(17)14-12/h2-3,6,10,15-16H,4-5,7-8H2,1H3,(H,14,17). The molecule has 1 aromatic carbocycles. The van der Waals surface area contributed by atoms with Crippen molar-refractivity contribution in [2.75, 3.05) is 25.6 Å². The highest BCUT2D eigenvalue weighted by atomic mass is 32.2. The molecule has 21 heavy (non-hydrogen) atoms. The first kappa shape index (κ1) is 15.9. The molecular formula is C13H18N2O5S. The number of nitrogens with one attached hydrogen (secondary N) is 2. The molecule has 1 aromatic rings. The average Bonchev–Trinajstić information content (AvgIpc) is 2.77. The zero-order valence-electron chi connectivity index (χ0n) is 11.6. The number of sulfonamides is 1. The van der Waals surface area contributed by atoms with Crippen LogP contribution in [-0.4, -0.2) is 45.8 Å². The lowest BCUT2D eigenvalue weighted by atomic mass is 10.2. The fourth-order valence-corrected chi connectivity index (χ4v) is 3.50. The number of hydrogen-bond donors (Lipinski definition) is 3. The minimum Gasteiger partial charge on any atom is -0.396 e. The second-order valence-corrected chi connectivity index (χ2v) is 6.54. The van der Waals surface area contributed by atoms with Crippen molar-refractivity contribution in [2.24, 2.45) is 0 Å². The van der Waals surface area contributed by atoms with Crippen LogP contribution < -0.4 is 10.0 Å². The van der Waals surface area contributed by atoms with Crippen LogP contribution in [0.4, 0.5) is 5.69 Å². The van der Waals surface area contributed by atoms with Gasteiger partial charge in [-0.15, -0.1) is 0 Å². The Hall–Kier alpha value is -1.48. The molecule has 0 saturated heterocycles. The number of aliphatic hydroxyl groups excluding tert-OH is 1. The Kier molecular flexibility index (Phi) is 4.94. The predicted octanol–water partition coefficient (Wildman–Crippen LogP) is -0.143. The zero-order chi connectivity index (χ0) is 15.5. The van der Waals surface area contributed by atoms with E-state index in [0.29, 0.717) is 11.3 Å². The van der Waals surface area contributed by atoms with Gasteiger partial charge in [0.15, 0.2) is 0 Å². The minimum atomic E-state index is -3.72. The molecule has 1 aliphatic rings. The SMILES string of the molecule is COCC(CCO)NS(=O)(=O)c1ccc2c(c1)CC(=O)N2. The number of carbonyl (C=O) groups is 1. The van der Waals surface area contributed by atoms with E-state index in [1.165, 1.54) is 19.2 Å². The van der Waals surface area contributed by atoms with E-state index in [1.807, 2.05) is 0 Å². The first-order valence-electron chi connectivity index (χ1n) is 6.51. The van der Waals surface area contributed by atoms with E-state index in [0.717, 1.165) is 0 Å². The number of hydrogen-bond acceptors (Lipinski definition) is 5.